The van der Waals surface area contributed by atoms with Crippen LogP contribution in [0.15, 0.2) is 49.1 Å². The number of hydrogen-bond acceptors (Lipinski definition) is 4. The van der Waals surface area contributed by atoms with Gasteiger partial charge in [-0.1, -0.05) is 6.07 Å². The van der Waals surface area contributed by atoms with Gasteiger partial charge in [0.2, 0.25) is 0 Å². The van der Waals surface area contributed by atoms with Gasteiger partial charge in [0.05, 0.1) is 36.7 Å². The van der Waals surface area contributed by atoms with Gasteiger partial charge >= 0.3 is 0 Å². The van der Waals surface area contributed by atoms with Crippen molar-refractivity contribution in [3.8, 4) is 0 Å². The lowest BCUT2D eigenvalue weighted by molar-refractivity contribution is 0.0499. The van der Waals surface area contributed by atoms with Crippen LogP contribution in [0.25, 0.3) is 10.9 Å². The van der Waals surface area contributed by atoms with Gasteiger partial charge in [0.25, 0.3) is 5.91 Å². The van der Waals surface area contributed by atoms with Crippen molar-refractivity contribution in [1.29, 1.82) is 0 Å². The summed E-state index contributed by atoms with van der Waals surface area (Å²) < 4.78 is 8.07. The number of amides is 1. The van der Waals surface area contributed by atoms with Crippen LogP contribution in [0.5, 0.6) is 0 Å². The summed E-state index contributed by atoms with van der Waals surface area (Å²) in [7, 11) is 0. The van der Waals surface area contributed by atoms with E-state index in [1.54, 1.807) is 6.20 Å². The molecule has 3 heterocycles. The molecule has 138 valence electrons. The molecule has 1 atom stereocenters. The quantitative estimate of drug-likeness (QED) is 0.700. The molecule has 0 bridgehead atoms. The average Bonchev–Trinajstić information content (AvgIpc) is 3.40. The van der Waals surface area contributed by atoms with Gasteiger partial charge in [0.1, 0.15) is 0 Å². The van der Waals surface area contributed by atoms with Crippen LogP contribution in [0.1, 0.15) is 34.9 Å². The van der Waals surface area contributed by atoms with E-state index in [9.17, 15) is 4.79 Å². The van der Waals surface area contributed by atoms with Crippen LogP contribution in [-0.4, -0.2) is 45.1 Å². The zero-order valence-electron chi connectivity index (χ0n) is 15.1. The van der Waals surface area contributed by atoms with Crippen molar-refractivity contribution in [3.05, 3.63) is 60.3 Å². The van der Waals surface area contributed by atoms with Crippen molar-refractivity contribution < 1.29 is 9.53 Å². The molecule has 0 N–H and O–H groups in total. The van der Waals surface area contributed by atoms with Crippen molar-refractivity contribution in [3.63, 3.8) is 0 Å². The molecular formula is C21H22N4O2. The number of rotatable bonds is 5. The number of ether oxygens (including phenoxy) is 1. The Morgan fingerprint density at radius 2 is 2.15 bits per heavy atom. The fraction of sp³-hybridized carbons (Fsp3) is 0.381. The molecule has 1 aliphatic heterocycles. The molecule has 6 heteroatoms. The fourth-order valence-electron chi connectivity index (χ4n) is 3.72. The van der Waals surface area contributed by atoms with Gasteiger partial charge < -0.3 is 14.2 Å². The van der Waals surface area contributed by atoms with Crippen molar-refractivity contribution in [2.75, 3.05) is 19.8 Å². The number of carbonyl (C=O) groups is 1. The lowest BCUT2D eigenvalue weighted by Crippen LogP contribution is -2.42. The highest BCUT2D eigenvalue weighted by atomic mass is 16.5. The van der Waals surface area contributed by atoms with Crippen LogP contribution in [-0.2, 0) is 11.3 Å². The largest absolute Gasteiger partial charge is 0.379 e. The highest BCUT2D eigenvalue weighted by molar-refractivity contribution is 5.98. The second-order valence-corrected chi connectivity index (χ2v) is 7.52. The highest BCUT2D eigenvalue weighted by Gasteiger charge is 2.29. The van der Waals surface area contributed by atoms with E-state index in [4.69, 9.17) is 4.74 Å². The molecule has 5 rings (SSSR count). The van der Waals surface area contributed by atoms with Crippen LogP contribution in [0.4, 0.5) is 0 Å². The molecular weight excluding hydrogens is 340 g/mol. The van der Waals surface area contributed by atoms with Crippen LogP contribution in [0.2, 0.25) is 0 Å². The Hall–Kier alpha value is -2.73. The Bertz CT molecular complexity index is 979. The molecule has 1 aromatic carbocycles. The van der Waals surface area contributed by atoms with E-state index in [1.807, 2.05) is 47.8 Å². The number of nitrogens with zero attached hydrogens (tertiary/aromatic N) is 4. The van der Waals surface area contributed by atoms with Crippen LogP contribution in [0.3, 0.4) is 0 Å². The molecule has 6 nitrogen and oxygen atoms in total. The van der Waals surface area contributed by atoms with Gasteiger partial charge in [0.15, 0.2) is 0 Å². The lowest BCUT2D eigenvalue weighted by atomic mass is 10.1. The minimum atomic E-state index is 0.0420. The molecule has 0 spiro atoms. The van der Waals surface area contributed by atoms with Gasteiger partial charge in [-0.2, -0.15) is 0 Å². The van der Waals surface area contributed by atoms with E-state index >= 15 is 0 Å². The predicted molar refractivity (Wildman–Crippen MR) is 101 cm³/mol. The molecule has 0 saturated heterocycles. The second kappa shape index (κ2) is 6.78. The number of pyridine rings is 1. The molecule has 1 fully saturated rings. The predicted octanol–water partition coefficient (Wildman–Crippen LogP) is 3.06. The van der Waals surface area contributed by atoms with E-state index in [2.05, 4.69) is 14.5 Å². The van der Waals surface area contributed by atoms with Gasteiger partial charge in [-0.15, -0.1) is 0 Å². The van der Waals surface area contributed by atoms with Crippen molar-refractivity contribution in [2.45, 2.75) is 25.4 Å². The SMILES string of the molecule is O=C(c1ccc2ncccc2c1)N1Cc2cncn2C(COCC2CC2)C1. The molecule has 1 aliphatic carbocycles. The summed E-state index contributed by atoms with van der Waals surface area (Å²) in [4.78, 5) is 23.7. The van der Waals surface area contributed by atoms with Gasteiger partial charge in [-0.3, -0.25) is 9.78 Å². The smallest absolute Gasteiger partial charge is 0.254 e. The summed E-state index contributed by atoms with van der Waals surface area (Å²) >= 11 is 0. The number of benzene rings is 1. The zero-order valence-corrected chi connectivity index (χ0v) is 15.1. The molecule has 1 amide bonds. The second-order valence-electron chi connectivity index (χ2n) is 7.52. The number of carbonyl (C=O) groups excluding carboxylic acids is 1. The zero-order chi connectivity index (χ0) is 18.2. The minimum absolute atomic E-state index is 0.0420. The Morgan fingerprint density at radius 1 is 1.22 bits per heavy atom. The van der Waals surface area contributed by atoms with Crippen LogP contribution in [0, 0.1) is 5.92 Å². The molecule has 3 aromatic rings. The van der Waals surface area contributed by atoms with Gasteiger partial charge in [-0.25, -0.2) is 4.98 Å². The Morgan fingerprint density at radius 3 is 3.04 bits per heavy atom. The maximum absolute atomic E-state index is 13.1. The first-order chi connectivity index (χ1) is 13.3. The van der Waals surface area contributed by atoms with Crippen LogP contribution < -0.4 is 0 Å². The summed E-state index contributed by atoms with van der Waals surface area (Å²) in [5.74, 6) is 0.778. The first kappa shape index (κ1) is 16.4. The average molecular weight is 362 g/mol. The Balaban J connectivity index is 1.36. The third kappa shape index (κ3) is 3.32. The first-order valence-electron chi connectivity index (χ1n) is 9.50. The van der Waals surface area contributed by atoms with Crippen molar-refractivity contribution in [2.24, 2.45) is 5.92 Å². The van der Waals surface area contributed by atoms with Gasteiger partial charge in [0, 0.05) is 36.5 Å². The number of fused-ring (bicyclic) bond motifs is 2. The summed E-state index contributed by atoms with van der Waals surface area (Å²) in [5.41, 5.74) is 2.65. The molecule has 1 unspecified atom stereocenters. The van der Waals surface area contributed by atoms with Crippen LogP contribution >= 0.6 is 0 Å². The van der Waals surface area contributed by atoms with E-state index in [-0.39, 0.29) is 11.9 Å². The topological polar surface area (TPSA) is 60.2 Å². The molecule has 0 radical (unpaired) electrons. The highest BCUT2D eigenvalue weighted by Crippen LogP contribution is 2.30. The Labute approximate surface area is 157 Å². The third-order valence-corrected chi connectivity index (χ3v) is 5.42. The van der Waals surface area contributed by atoms with E-state index < -0.39 is 0 Å². The maximum atomic E-state index is 13.1. The summed E-state index contributed by atoms with van der Waals surface area (Å²) in [6, 6.07) is 9.69. The summed E-state index contributed by atoms with van der Waals surface area (Å²) in [5, 5.41) is 0.981. The lowest BCUT2D eigenvalue weighted by Gasteiger charge is -2.34. The monoisotopic (exact) mass is 362 g/mol. The standard InChI is InChI=1S/C21H22N4O2/c26-21(17-5-6-20-16(8-17)2-1-7-23-20)24-10-18-9-22-14-25(18)19(11-24)13-27-12-15-3-4-15/h1-2,5-9,14-15,19H,3-4,10-13H2. The number of hydrogen-bond donors (Lipinski definition) is 0. The molecule has 27 heavy (non-hydrogen) atoms. The third-order valence-electron chi connectivity index (χ3n) is 5.42. The molecule has 1 saturated carbocycles. The number of imidazole rings is 1. The summed E-state index contributed by atoms with van der Waals surface area (Å²) in [6.45, 7) is 2.65. The molecule has 2 aliphatic rings. The first-order valence-corrected chi connectivity index (χ1v) is 9.50. The van der Waals surface area contributed by atoms with E-state index in [0.29, 0.717) is 25.3 Å². The van der Waals surface area contributed by atoms with Crippen molar-refractivity contribution >= 4 is 16.8 Å². The molecule has 2 aromatic heterocycles. The van der Waals surface area contributed by atoms with E-state index in [0.717, 1.165) is 29.1 Å². The minimum Gasteiger partial charge on any atom is -0.379 e. The maximum Gasteiger partial charge on any atom is 0.254 e. The van der Waals surface area contributed by atoms with Gasteiger partial charge in [-0.05, 0) is 43.0 Å². The number of aromatic nitrogens is 3. The normalized spacial score (nSPS) is 19.3. The Kier molecular flexibility index (Phi) is 4.13. The van der Waals surface area contributed by atoms with E-state index in [1.165, 1.54) is 12.8 Å². The fourth-order valence-corrected chi connectivity index (χ4v) is 3.72. The summed E-state index contributed by atoms with van der Waals surface area (Å²) in [6.07, 6.45) is 8.02. The van der Waals surface area contributed by atoms with Crippen molar-refractivity contribution in [1.82, 2.24) is 19.4 Å².